The molecule has 1 aromatic heterocycles. The predicted octanol–water partition coefficient (Wildman–Crippen LogP) is 4.80. The fraction of sp³-hybridized carbons (Fsp3) is 0.333. The van der Waals surface area contributed by atoms with Gasteiger partial charge in [-0.15, -0.1) is 0 Å². The van der Waals surface area contributed by atoms with Crippen molar-refractivity contribution in [3.63, 3.8) is 0 Å². The maximum absolute atomic E-state index is 13.1. The molecule has 2 N–H and O–H groups in total. The molecular formula is C18H19F6N3O2S. The Kier molecular flexibility index (Phi) is 8.54. The first kappa shape index (κ1) is 25.6. The Morgan fingerprint density at radius 3 is 2.30 bits per heavy atom. The highest BCUT2D eigenvalue weighted by atomic mass is 32.2. The third-order valence-corrected chi connectivity index (χ3v) is 5.10. The molecule has 0 radical (unpaired) electrons. The highest BCUT2D eigenvalue weighted by Gasteiger charge is 2.35. The van der Waals surface area contributed by atoms with Crippen LogP contribution in [-0.4, -0.2) is 34.4 Å². The molecule has 1 rings (SSSR count). The van der Waals surface area contributed by atoms with Gasteiger partial charge in [0, 0.05) is 13.1 Å². The van der Waals surface area contributed by atoms with Gasteiger partial charge in [-0.3, -0.25) is 4.79 Å². The summed E-state index contributed by atoms with van der Waals surface area (Å²) in [6, 6.07) is 0.560. The van der Waals surface area contributed by atoms with E-state index in [9.17, 15) is 35.7 Å². The third kappa shape index (κ3) is 6.52. The number of nitrogens with one attached hydrogen (secondary N) is 2. The number of allylic oxidation sites excluding steroid dienone is 3. The van der Waals surface area contributed by atoms with Gasteiger partial charge in [0.25, 0.3) is 5.91 Å². The molecule has 0 fully saturated rings. The van der Waals surface area contributed by atoms with Gasteiger partial charge >= 0.3 is 12.4 Å². The zero-order valence-electron chi connectivity index (χ0n) is 16.2. The fourth-order valence-corrected chi connectivity index (χ4v) is 3.08. The topological polar surface area (TPSA) is 77.1 Å². The first-order chi connectivity index (χ1) is 13.8. The number of hydrogen-bond donors (Lipinski definition) is 2. The summed E-state index contributed by atoms with van der Waals surface area (Å²) in [5.74, 6) is -1.22. The molecule has 0 aliphatic carbocycles. The van der Waals surface area contributed by atoms with Crippen molar-refractivity contribution in [2.24, 2.45) is 0 Å². The van der Waals surface area contributed by atoms with Gasteiger partial charge in [-0.25, -0.2) is 4.98 Å². The molecule has 0 aliphatic heterocycles. The Balaban J connectivity index is 3.33. The Bertz CT molecular complexity index is 862. The van der Waals surface area contributed by atoms with Crippen molar-refractivity contribution < 1.29 is 35.7 Å². The molecule has 0 aromatic carbocycles. The Morgan fingerprint density at radius 2 is 1.87 bits per heavy atom. The van der Waals surface area contributed by atoms with Crippen LogP contribution in [-0.2, 0) is 22.1 Å². The Morgan fingerprint density at radius 1 is 1.27 bits per heavy atom. The van der Waals surface area contributed by atoms with E-state index in [1.807, 2.05) is 0 Å². The molecule has 1 unspecified atom stereocenters. The van der Waals surface area contributed by atoms with Gasteiger partial charge in [0.1, 0.15) is 11.4 Å². The second-order valence-corrected chi connectivity index (χ2v) is 7.39. The van der Waals surface area contributed by atoms with Crippen molar-refractivity contribution in [1.29, 1.82) is 0 Å². The summed E-state index contributed by atoms with van der Waals surface area (Å²) in [4.78, 5) is 15.3. The molecule has 30 heavy (non-hydrogen) atoms. The van der Waals surface area contributed by atoms with Gasteiger partial charge in [-0.05, 0) is 31.1 Å². The van der Waals surface area contributed by atoms with E-state index in [0.29, 0.717) is 12.1 Å². The second kappa shape index (κ2) is 10.0. The van der Waals surface area contributed by atoms with E-state index in [4.69, 9.17) is 0 Å². The number of pyridine rings is 1. The highest BCUT2D eigenvalue weighted by molar-refractivity contribution is 7.95. The number of alkyl halides is 6. The van der Waals surface area contributed by atoms with E-state index in [2.05, 4.69) is 22.2 Å². The number of halogens is 6. The van der Waals surface area contributed by atoms with Crippen molar-refractivity contribution >= 4 is 28.5 Å². The molecule has 12 heteroatoms. The van der Waals surface area contributed by atoms with Gasteiger partial charge in [0.05, 0.1) is 28.7 Å². The van der Waals surface area contributed by atoms with E-state index in [1.54, 1.807) is 0 Å². The lowest BCUT2D eigenvalue weighted by atomic mass is 10.1. The summed E-state index contributed by atoms with van der Waals surface area (Å²) in [7, 11) is 1.37. The molecule has 5 nitrogen and oxygen atoms in total. The van der Waals surface area contributed by atoms with Crippen LogP contribution in [0.1, 0.15) is 19.5 Å². The third-order valence-electron chi connectivity index (χ3n) is 3.72. The van der Waals surface area contributed by atoms with Gasteiger partial charge in [0.2, 0.25) is 0 Å². The van der Waals surface area contributed by atoms with E-state index >= 15 is 0 Å². The molecule has 0 saturated heterocycles. The molecule has 1 amide bonds. The smallest absolute Gasteiger partial charge is 0.433 e. The number of carbonyl (C=O) groups is 1. The number of aromatic nitrogens is 1. The summed E-state index contributed by atoms with van der Waals surface area (Å²) < 4.78 is 90.1. The standard InChI is InChI=1S/C18H19F6N3O2S/c1-5-11(17(19,20)21)7-14(30(29)6-2)10(3)16(28)27-12-8-15(18(22,23)24)26-9-13(12)25-4/h5,7-9,25H,3,6H2,1-2,4H3,(H,26,27,28)/b11-5+,14-7+. The van der Waals surface area contributed by atoms with Crippen LogP contribution < -0.4 is 10.6 Å². The van der Waals surface area contributed by atoms with Crippen LogP contribution in [0.5, 0.6) is 0 Å². The van der Waals surface area contributed by atoms with Crippen molar-refractivity contribution in [2.75, 3.05) is 23.4 Å². The van der Waals surface area contributed by atoms with Crippen molar-refractivity contribution in [3.8, 4) is 0 Å². The maximum Gasteiger partial charge on any atom is 0.433 e. The van der Waals surface area contributed by atoms with Crippen molar-refractivity contribution in [1.82, 2.24) is 4.98 Å². The van der Waals surface area contributed by atoms with Gasteiger partial charge in [-0.2, -0.15) is 26.3 Å². The first-order valence-electron chi connectivity index (χ1n) is 8.35. The summed E-state index contributed by atoms with van der Waals surface area (Å²) in [6.07, 6.45) is -7.45. The van der Waals surface area contributed by atoms with Crippen LogP contribution in [0.15, 0.2) is 47.0 Å². The zero-order valence-corrected chi connectivity index (χ0v) is 17.0. The van der Waals surface area contributed by atoms with Crippen molar-refractivity contribution in [3.05, 3.63) is 52.7 Å². The van der Waals surface area contributed by atoms with E-state index < -0.39 is 51.2 Å². The monoisotopic (exact) mass is 455 g/mol. The minimum atomic E-state index is -4.79. The van der Waals surface area contributed by atoms with Crippen LogP contribution in [0.4, 0.5) is 37.7 Å². The lowest BCUT2D eigenvalue weighted by Gasteiger charge is -2.17. The highest BCUT2D eigenvalue weighted by Crippen LogP contribution is 2.33. The molecule has 0 spiro atoms. The lowest BCUT2D eigenvalue weighted by Crippen LogP contribution is -2.22. The summed E-state index contributed by atoms with van der Waals surface area (Å²) in [5, 5.41) is 4.68. The molecule has 0 saturated carbocycles. The van der Waals surface area contributed by atoms with Crippen molar-refractivity contribution in [2.45, 2.75) is 26.2 Å². The quantitative estimate of drug-likeness (QED) is 0.268. The fourth-order valence-electron chi connectivity index (χ4n) is 2.14. The molecule has 1 aromatic rings. The second-order valence-electron chi connectivity index (χ2n) is 5.68. The average molecular weight is 455 g/mol. The number of rotatable bonds is 7. The normalized spacial score (nSPS) is 14.3. The van der Waals surface area contributed by atoms with Gasteiger partial charge < -0.3 is 15.2 Å². The summed E-state index contributed by atoms with van der Waals surface area (Å²) in [5.41, 5.74) is -3.31. The SMILES string of the molecule is C=C(C(=O)Nc1cc(C(F)(F)F)ncc1NC)/C(=C\C(=C/C)C(F)(F)F)[S+]([O-])CC. The average Bonchev–Trinajstić information content (AvgIpc) is 2.65. The molecule has 1 heterocycles. The number of carbonyl (C=O) groups excluding carboxylic acids is 1. The number of nitrogens with zero attached hydrogens (tertiary/aromatic N) is 1. The molecule has 1 atom stereocenters. The van der Waals surface area contributed by atoms with E-state index in [-0.39, 0.29) is 17.1 Å². The molecular weight excluding hydrogens is 436 g/mol. The van der Waals surface area contributed by atoms with Crippen LogP contribution in [0, 0.1) is 0 Å². The maximum atomic E-state index is 13.1. The molecule has 0 aliphatic rings. The van der Waals surface area contributed by atoms with Crippen LogP contribution >= 0.6 is 0 Å². The summed E-state index contributed by atoms with van der Waals surface area (Å²) >= 11 is -2.00. The lowest BCUT2D eigenvalue weighted by molar-refractivity contribution is -0.141. The Labute approximate surface area is 172 Å². The predicted molar refractivity (Wildman–Crippen MR) is 103 cm³/mol. The Hall–Kier alpha value is -2.47. The first-order valence-corrected chi connectivity index (χ1v) is 9.67. The molecule has 166 valence electrons. The summed E-state index contributed by atoms with van der Waals surface area (Å²) in [6.45, 7) is 5.93. The van der Waals surface area contributed by atoms with Crippen LogP contribution in [0.25, 0.3) is 0 Å². The van der Waals surface area contributed by atoms with Crippen LogP contribution in [0.3, 0.4) is 0 Å². The van der Waals surface area contributed by atoms with Gasteiger partial charge in [0.15, 0.2) is 4.91 Å². The number of amides is 1. The minimum absolute atomic E-state index is 0.0238. The molecule has 0 bridgehead atoms. The largest absolute Gasteiger partial charge is 0.611 e. The van der Waals surface area contributed by atoms with E-state index in [1.165, 1.54) is 14.0 Å². The van der Waals surface area contributed by atoms with Gasteiger partial charge in [-0.1, -0.05) is 12.7 Å². The number of anilines is 2. The van der Waals surface area contributed by atoms with E-state index in [0.717, 1.165) is 19.2 Å². The zero-order chi connectivity index (χ0) is 23.3. The minimum Gasteiger partial charge on any atom is -0.611 e. The van der Waals surface area contributed by atoms with Crippen LogP contribution in [0.2, 0.25) is 0 Å². The number of hydrogen-bond acceptors (Lipinski definition) is 4.